The number of hydrogen-bond acceptors (Lipinski definition) is 4. The van der Waals surface area contributed by atoms with Gasteiger partial charge in [0, 0.05) is 12.4 Å². The number of nitrogens with one attached hydrogen (secondary N) is 2. The summed E-state index contributed by atoms with van der Waals surface area (Å²) in [4.78, 5) is 23.9. The molecule has 0 bridgehead atoms. The molecule has 7 nitrogen and oxygen atoms in total. The van der Waals surface area contributed by atoms with Crippen molar-refractivity contribution in [2.24, 2.45) is 7.05 Å². The summed E-state index contributed by atoms with van der Waals surface area (Å²) >= 11 is 0. The van der Waals surface area contributed by atoms with Crippen LogP contribution in [-0.4, -0.2) is 25.9 Å². The molecule has 0 aliphatic rings. The standard InChI is InChI=1S/C16H17N5O2/c1-10-7-11(21(2)20-10)9-17-15(22)8-14-12-5-3-4-6-13(12)16(23)19-18-14/h3-7H,8-9H2,1-2H3,(H,17,22)(H,19,23). The first kappa shape index (κ1) is 15.0. The minimum atomic E-state index is -0.255. The molecule has 0 saturated heterocycles. The number of H-pyrrole nitrogens is 1. The Hall–Kier alpha value is -2.96. The van der Waals surface area contributed by atoms with Crippen LogP contribution in [0.2, 0.25) is 0 Å². The summed E-state index contributed by atoms with van der Waals surface area (Å²) < 4.78 is 1.74. The highest BCUT2D eigenvalue weighted by atomic mass is 16.1. The summed E-state index contributed by atoms with van der Waals surface area (Å²) in [5.74, 6) is -0.159. The molecule has 2 heterocycles. The van der Waals surface area contributed by atoms with E-state index in [1.54, 1.807) is 22.9 Å². The number of aryl methyl sites for hydroxylation is 2. The number of nitrogens with zero attached hydrogens (tertiary/aromatic N) is 3. The van der Waals surface area contributed by atoms with E-state index in [1.807, 2.05) is 26.1 Å². The van der Waals surface area contributed by atoms with Crippen molar-refractivity contribution in [2.75, 3.05) is 0 Å². The zero-order chi connectivity index (χ0) is 16.4. The highest BCUT2D eigenvalue weighted by Crippen LogP contribution is 2.12. The molecule has 0 spiro atoms. The fraction of sp³-hybridized carbons (Fsp3) is 0.250. The fourth-order valence-corrected chi connectivity index (χ4v) is 2.54. The van der Waals surface area contributed by atoms with Gasteiger partial charge in [-0.15, -0.1) is 0 Å². The summed E-state index contributed by atoms with van der Waals surface area (Å²) in [7, 11) is 1.84. The number of fused-ring (bicyclic) bond motifs is 1. The Bertz CT molecular complexity index is 926. The first-order chi connectivity index (χ1) is 11.0. The zero-order valence-corrected chi connectivity index (χ0v) is 13.0. The van der Waals surface area contributed by atoms with Crippen LogP contribution >= 0.6 is 0 Å². The Labute approximate surface area is 132 Å². The van der Waals surface area contributed by atoms with Gasteiger partial charge in [-0.25, -0.2) is 5.10 Å². The molecular weight excluding hydrogens is 294 g/mol. The van der Waals surface area contributed by atoms with Crippen molar-refractivity contribution in [1.29, 1.82) is 0 Å². The van der Waals surface area contributed by atoms with Crippen LogP contribution in [-0.2, 0) is 24.8 Å². The summed E-state index contributed by atoms with van der Waals surface area (Å²) in [6, 6.07) is 9.05. The summed E-state index contributed by atoms with van der Waals surface area (Å²) in [6.45, 7) is 2.30. The number of aromatic nitrogens is 4. The van der Waals surface area contributed by atoms with Crippen LogP contribution < -0.4 is 10.9 Å². The first-order valence-corrected chi connectivity index (χ1v) is 7.27. The van der Waals surface area contributed by atoms with E-state index in [0.29, 0.717) is 23.0 Å². The third-order valence-corrected chi connectivity index (χ3v) is 3.67. The van der Waals surface area contributed by atoms with Gasteiger partial charge in [-0.05, 0) is 19.1 Å². The number of rotatable bonds is 4. The molecular formula is C16H17N5O2. The molecule has 23 heavy (non-hydrogen) atoms. The lowest BCUT2D eigenvalue weighted by atomic mass is 10.1. The molecule has 2 N–H and O–H groups in total. The summed E-state index contributed by atoms with van der Waals surface area (Å²) in [5, 5.41) is 14.8. The molecule has 3 aromatic rings. The number of aromatic amines is 1. The lowest BCUT2D eigenvalue weighted by molar-refractivity contribution is -0.120. The van der Waals surface area contributed by atoms with Gasteiger partial charge in [0.1, 0.15) is 0 Å². The summed E-state index contributed by atoms with van der Waals surface area (Å²) in [5.41, 5.74) is 2.13. The van der Waals surface area contributed by atoms with E-state index in [2.05, 4.69) is 20.6 Å². The predicted octanol–water partition coefficient (Wildman–Crippen LogP) is 0.824. The van der Waals surface area contributed by atoms with Gasteiger partial charge in [0.25, 0.3) is 5.56 Å². The average Bonchev–Trinajstić information content (AvgIpc) is 2.86. The number of benzene rings is 1. The summed E-state index contributed by atoms with van der Waals surface area (Å²) in [6.07, 6.45) is 0.105. The lowest BCUT2D eigenvalue weighted by Gasteiger charge is -2.07. The van der Waals surface area contributed by atoms with E-state index in [1.165, 1.54) is 0 Å². The van der Waals surface area contributed by atoms with Gasteiger partial charge >= 0.3 is 0 Å². The molecule has 0 fully saturated rings. The highest BCUT2D eigenvalue weighted by molar-refractivity contribution is 5.88. The van der Waals surface area contributed by atoms with Crippen molar-refractivity contribution < 1.29 is 4.79 Å². The number of amides is 1. The molecule has 1 amide bonds. The maximum absolute atomic E-state index is 12.2. The minimum absolute atomic E-state index is 0.105. The SMILES string of the molecule is Cc1cc(CNC(=O)Cc2n[nH]c(=O)c3ccccc23)n(C)n1. The van der Waals surface area contributed by atoms with Crippen molar-refractivity contribution in [2.45, 2.75) is 19.9 Å². The Morgan fingerprint density at radius 2 is 2.04 bits per heavy atom. The maximum Gasteiger partial charge on any atom is 0.272 e. The third-order valence-electron chi connectivity index (χ3n) is 3.67. The van der Waals surface area contributed by atoms with Crippen LogP contribution in [0.5, 0.6) is 0 Å². The normalized spacial score (nSPS) is 10.9. The van der Waals surface area contributed by atoms with E-state index in [4.69, 9.17) is 0 Å². The second-order valence-electron chi connectivity index (χ2n) is 5.40. The Balaban J connectivity index is 1.75. The van der Waals surface area contributed by atoms with E-state index in [9.17, 15) is 9.59 Å². The molecule has 0 atom stereocenters. The van der Waals surface area contributed by atoms with Gasteiger partial charge < -0.3 is 5.32 Å². The molecule has 7 heteroatoms. The molecule has 2 aromatic heterocycles. The van der Waals surface area contributed by atoms with Gasteiger partial charge in [0.2, 0.25) is 5.91 Å². The maximum atomic E-state index is 12.2. The van der Waals surface area contributed by atoms with Crippen LogP contribution in [0.25, 0.3) is 10.8 Å². The van der Waals surface area contributed by atoms with Crippen LogP contribution in [0, 0.1) is 6.92 Å². The van der Waals surface area contributed by atoms with Gasteiger partial charge in [0.05, 0.1) is 35.4 Å². The molecule has 0 aliphatic heterocycles. The van der Waals surface area contributed by atoms with Crippen molar-refractivity contribution in [1.82, 2.24) is 25.3 Å². The molecule has 0 saturated carbocycles. The number of carbonyl (C=O) groups is 1. The van der Waals surface area contributed by atoms with E-state index in [-0.39, 0.29) is 17.9 Å². The second kappa shape index (κ2) is 6.04. The van der Waals surface area contributed by atoms with Gasteiger partial charge in [0.15, 0.2) is 0 Å². The highest BCUT2D eigenvalue weighted by Gasteiger charge is 2.11. The third kappa shape index (κ3) is 3.13. The van der Waals surface area contributed by atoms with E-state index >= 15 is 0 Å². The van der Waals surface area contributed by atoms with Gasteiger partial charge in [-0.2, -0.15) is 10.2 Å². The van der Waals surface area contributed by atoms with Crippen LogP contribution in [0.3, 0.4) is 0 Å². The van der Waals surface area contributed by atoms with Crippen molar-refractivity contribution in [3.8, 4) is 0 Å². The Kier molecular flexibility index (Phi) is 3.92. The van der Waals surface area contributed by atoms with Crippen molar-refractivity contribution in [3.05, 3.63) is 57.8 Å². The molecule has 0 unspecified atom stereocenters. The van der Waals surface area contributed by atoms with Crippen molar-refractivity contribution in [3.63, 3.8) is 0 Å². The lowest BCUT2D eigenvalue weighted by Crippen LogP contribution is -2.26. The Morgan fingerprint density at radius 1 is 1.30 bits per heavy atom. The first-order valence-electron chi connectivity index (χ1n) is 7.27. The quantitative estimate of drug-likeness (QED) is 0.746. The molecule has 0 radical (unpaired) electrons. The fourth-order valence-electron chi connectivity index (χ4n) is 2.54. The monoisotopic (exact) mass is 311 g/mol. The Morgan fingerprint density at radius 3 is 2.74 bits per heavy atom. The second-order valence-corrected chi connectivity index (χ2v) is 5.40. The van der Waals surface area contributed by atoms with Crippen LogP contribution in [0.1, 0.15) is 17.1 Å². The van der Waals surface area contributed by atoms with Gasteiger partial charge in [-0.1, -0.05) is 18.2 Å². The van der Waals surface area contributed by atoms with E-state index < -0.39 is 0 Å². The van der Waals surface area contributed by atoms with Gasteiger partial charge in [-0.3, -0.25) is 14.3 Å². The smallest absolute Gasteiger partial charge is 0.272 e. The van der Waals surface area contributed by atoms with E-state index in [0.717, 1.165) is 11.4 Å². The largest absolute Gasteiger partial charge is 0.350 e. The molecule has 1 aromatic carbocycles. The minimum Gasteiger partial charge on any atom is -0.350 e. The average molecular weight is 311 g/mol. The zero-order valence-electron chi connectivity index (χ0n) is 13.0. The van der Waals surface area contributed by atoms with Crippen LogP contribution in [0.4, 0.5) is 0 Å². The predicted molar refractivity (Wildman–Crippen MR) is 85.9 cm³/mol. The topological polar surface area (TPSA) is 92.7 Å². The number of carbonyl (C=O) groups excluding carboxylic acids is 1. The van der Waals surface area contributed by atoms with Crippen LogP contribution in [0.15, 0.2) is 35.1 Å². The van der Waals surface area contributed by atoms with Crippen molar-refractivity contribution >= 4 is 16.7 Å². The molecule has 0 aliphatic carbocycles. The number of hydrogen-bond donors (Lipinski definition) is 2. The molecule has 3 rings (SSSR count). The molecule has 118 valence electrons.